The van der Waals surface area contributed by atoms with Crippen molar-refractivity contribution >= 4 is 22.8 Å². The van der Waals surface area contributed by atoms with Gasteiger partial charge >= 0.3 is 0 Å². The molecule has 9 heteroatoms. The number of non-ortho nitro benzene ring substituents is 1. The van der Waals surface area contributed by atoms with Crippen LogP contribution >= 0.6 is 0 Å². The van der Waals surface area contributed by atoms with Crippen molar-refractivity contribution in [2.45, 2.75) is 13.5 Å². The number of nitro benzene ring substituents is 1. The number of aromatic nitrogens is 3. The third-order valence-corrected chi connectivity index (χ3v) is 2.54. The minimum absolute atomic E-state index is 0.0372. The number of anilines is 1. The Labute approximate surface area is 111 Å². The van der Waals surface area contributed by atoms with Crippen LogP contribution in [0.5, 0.6) is 0 Å². The Balaban J connectivity index is 1.80. The van der Waals surface area contributed by atoms with Gasteiger partial charge in [0.15, 0.2) is 11.4 Å². The van der Waals surface area contributed by atoms with Gasteiger partial charge in [-0.2, -0.15) is 9.97 Å². The Morgan fingerprint density at radius 2 is 2.25 bits per heavy atom. The van der Waals surface area contributed by atoms with Crippen molar-refractivity contribution in [1.82, 2.24) is 15.1 Å². The molecule has 3 aromatic rings. The van der Waals surface area contributed by atoms with Crippen LogP contribution in [0, 0.1) is 17.0 Å². The van der Waals surface area contributed by atoms with E-state index < -0.39 is 4.92 Å². The van der Waals surface area contributed by atoms with Gasteiger partial charge in [-0.3, -0.25) is 10.1 Å². The summed E-state index contributed by atoms with van der Waals surface area (Å²) in [6.45, 7) is 1.97. The molecule has 1 aromatic carbocycles. The van der Waals surface area contributed by atoms with E-state index in [-0.39, 0.29) is 18.2 Å². The molecule has 0 aliphatic rings. The molecule has 3 rings (SSSR count). The Morgan fingerprint density at radius 1 is 1.40 bits per heavy atom. The first-order valence-electron chi connectivity index (χ1n) is 5.70. The molecule has 0 saturated heterocycles. The largest absolute Gasteiger partial charge is 0.424 e. The van der Waals surface area contributed by atoms with E-state index in [0.717, 1.165) is 0 Å². The number of oxazole rings is 1. The number of benzene rings is 1. The zero-order valence-electron chi connectivity index (χ0n) is 10.4. The van der Waals surface area contributed by atoms with Crippen LogP contribution < -0.4 is 5.32 Å². The lowest BCUT2D eigenvalue weighted by atomic mass is 10.3. The second-order valence-corrected chi connectivity index (χ2v) is 4.02. The lowest BCUT2D eigenvalue weighted by molar-refractivity contribution is -0.384. The van der Waals surface area contributed by atoms with Crippen molar-refractivity contribution < 1.29 is 13.9 Å². The highest BCUT2D eigenvalue weighted by atomic mass is 16.6. The van der Waals surface area contributed by atoms with Crippen LogP contribution in [-0.2, 0) is 6.54 Å². The highest BCUT2D eigenvalue weighted by molar-refractivity contribution is 5.77. The Morgan fingerprint density at radius 3 is 2.95 bits per heavy atom. The predicted octanol–water partition coefficient (Wildman–Crippen LogP) is 2.04. The van der Waals surface area contributed by atoms with Crippen molar-refractivity contribution in [1.29, 1.82) is 0 Å². The monoisotopic (exact) mass is 275 g/mol. The molecule has 2 heterocycles. The van der Waals surface area contributed by atoms with Gasteiger partial charge in [0.25, 0.3) is 11.7 Å². The number of fused-ring (bicyclic) bond motifs is 1. The molecular formula is C11H9N5O4. The first kappa shape index (κ1) is 12.1. The van der Waals surface area contributed by atoms with Crippen LogP contribution in [0.3, 0.4) is 0 Å². The zero-order chi connectivity index (χ0) is 14.1. The number of nitro groups is 1. The summed E-state index contributed by atoms with van der Waals surface area (Å²) >= 11 is 0. The minimum Gasteiger partial charge on any atom is -0.424 e. The van der Waals surface area contributed by atoms with Crippen LogP contribution in [0.25, 0.3) is 11.1 Å². The van der Waals surface area contributed by atoms with Gasteiger partial charge < -0.3 is 14.3 Å². The normalized spacial score (nSPS) is 10.8. The lowest BCUT2D eigenvalue weighted by Crippen LogP contribution is -1.99. The predicted molar refractivity (Wildman–Crippen MR) is 67.0 cm³/mol. The Bertz CT molecular complexity index is 778. The average molecular weight is 275 g/mol. The fourth-order valence-electron chi connectivity index (χ4n) is 1.67. The highest BCUT2D eigenvalue weighted by Gasteiger charge is 2.12. The first-order valence-corrected chi connectivity index (χ1v) is 5.70. The first-order chi connectivity index (χ1) is 9.61. The van der Waals surface area contributed by atoms with Gasteiger partial charge in [-0.05, 0) is 13.0 Å². The molecular weight excluding hydrogens is 266 g/mol. The molecule has 0 bridgehead atoms. The van der Waals surface area contributed by atoms with Crippen molar-refractivity contribution in [2.24, 2.45) is 0 Å². The summed E-state index contributed by atoms with van der Waals surface area (Å²) in [6, 6.07) is 4.44. The standard InChI is InChI=1S/C11H9N5O4/c1-6-13-10(20-15-6)5-12-11-14-8-4-7(16(17)18)2-3-9(8)19-11/h2-4H,5H2,1H3,(H,12,14). The average Bonchev–Trinajstić information content (AvgIpc) is 3.00. The fraction of sp³-hybridized carbons (Fsp3) is 0.182. The molecule has 2 aromatic heterocycles. The van der Waals surface area contributed by atoms with Crippen LogP contribution in [0.2, 0.25) is 0 Å². The molecule has 0 aliphatic heterocycles. The van der Waals surface area contributed by atoms with Gasteiger partial charge in [0, 0.05) is 12.1 Å². The number of nitrogens with zero attached hydrogens (tertiary/aromatic N) is 4. The molecule has 0 saturated carbocycles. The van der Waals surface area contributed by atoms with E-state index in [1.165, 1.54) is 18.2 Å². The summed E-state index contributed by atoms with van der Waals surface area (Å²) in [5.41, 5.74) is 0.827. The number of nitrogens with one attached hydrogen (secondary N) is 1. The van der Waals surface area contributed by atoms with Gasteiger partial charge in [-0.15, -0.1) is 0 Å². The van der Waals surface area contributed by atoms with Gasteiger partial charge in [0.1, 0.15) is 5.52 Å². The van der Waals surface area contributed by atoms with E-state index in [2.05, 4.69) is 20.4 Å². The summed E-state index contributed by atoms with van der Waals surface area (Å²) in [6.07, 6.45) is 0. The molecule has 9 nitrogen and oxygen atoms in total. The second-order valence-electron chi connectivity index (χ2n) is 4.02. The maximum Gasteiger partial charge on any atom is 0.296 e. The molecule has 0 fully saturated rings. The molecule has 0 amide bonds. The lowest BCUT2D eigenvalue weighted by Gasteiger charge is -1.94. The Kier molecular flexibility index (Phi) is 2.78. The SMILES string of the molecule is Cc1noc(CNc2nc3cc([N+](=O)[O-])ccc3o2)n1. The number of hydrogen-bond acceptors (Lipinski definition) is 8. The highest BCUT2D eigenvalue weighted by Crippen LogP contribution is 2.23. The van der Waals surface area contributed by atoms with Gasteiger partial charge in [-0.1, -0.05) is 5.16 Å². The summed E-state index contributed by atoms with van der Waals surface area (Å²) in [5, 5.41) is 17.2. The second kappa shape index (κ2) is 4.61. The van der Waals surface area contributed by atoms with E-state index in [1.807, 2.05) is 0 Å². The molecule has 0 aliphatic carbocycles. The van der Waals surface area contributed by atoms with E-state index in [0.29, 0.717) is 22.8 Å². The maximum atomic E-state index is 10.7. The smallest absolute Gasteiger partial charge is 0.296 e. The number of aryl methyl sites for hydroxylation is 1. The van der Waals surface area contributed by atoms with Crippen LogP contribution in [-0.4, -0.2) is 20.0 Å². The van der Waals surface area contributed by atoms with E-state index >= 15 is 0 Å². The maximum absolute atomic E-state index is 10.7. The number of hydrogen-bond donors (Lipinski definition) is 1. The van der Waals surface area contributed by atoms with Crippen molar-refractivity contribution in [2.75, 3.05) is 5.32 Å². The van der Waals surface area contributed by atoms with Gasteiger partial charge in [0.05, 0.1) is 11.5 Å². The van der Waals surface area contributed by atoms with Crippen molar-refractivity contribution in [3.05, 3.63) is 40.0 Å². The fourth-order valence-corrected chi connectivity index (χ4v) is 1.67. The zero-order valence-corrected chi connectivity index (χ0v) is 10.4. The van der Waals surface area contributed by atoms with E-state index in [1.54, 1.807) is 6.92 Å². The topological polar surface area (TPSA) is 120 Å². The summed E-state index contributed by atoms with van der Waals surface area (Å²) < 4.78 is 10.3. The minimum atomic E-state index is -0.484. The number of rotatable bonds is 4. The van der Waals surface area contributed by atoms with E-state index in [9.17, 15) is 10.1 Å². The van der Waals surface area contributed by atoms with Gasteiger partial charge in [0.2, 0.25) is 5.89 Å². The third-order valence-electron chi connectivity index (χ3n) is 2.54. The van der Waals surface area contributed by atoms with Gasteiger partial charge in [-0.25, -0.2) is 0 Å². The third kappa shape index (κ3) is 2.28. The summed E-state index contributed by atoms with van der Waals surface area (Å²) in [4.78, 5) is 18.3. The summed E-state index contributed by atoms with van der Waals surface area (Å²) in [5.74, 6) is 0.936. The molecule has 1 N–H and O–H groups in total. The van der Waals surface area contributed by atoms with Crippen LogP contribution in [0.15, 0.2) is 27.1 Å². The molecule has 102 valence electrons. The molecule has 0 atom stereocenters. The van der Waals surface area contributed by atoms with Crippen molar-refractivity contribution in [3.8, 4) is 0 Å². The molecule has 0 unspecified atom stereocenters. The van der Waals surface area contributed by atoms with E-state index in [4.69, 9.17) is 8.94 Å². The summed E-state index contributed by atoms with van der Waals surface area (Å²) in [7, 11) is 0. The molecule has 0 radical (unpaired) electrons. The molecule has 0 spiro atoms. The van der Waals surface area contributed by atoms with Crippen molar-refractivity contribution in [3.63, 3.8) is 0 Å². The van der Waals surface area contributed by atoms with Crippen LogP contribution in [0.4, 0.5) is 11.7 Å². The van der Waals surface area contributed by atoms with Crippen LogP contribution in [0.1, 0.15) is 11.7 Å². The Hall–Kier alpha value is -2.97. The molecule has 20 heavy (non-hydrogen) atoms. The quantitative estimate of drug-likeness (QED) is 0.567.